The summed E-state index contributed by atoms with van der Waals surface area (Å²) < 4.78 is 36.1. The van der Waals surface area contributed by atoms with Crippen molar-refractivity contribution in [2.24, 2.45) is 5.92 Å². The van der Waals surface area contributed by atoms with E-state index < -0.39 is 10.4 Å². The molecule has 122 valence electrons. The zero-order valence-corrected chi connectivity index (χ0v) is 16.9. The van der Waals surface area contributed by atoms with Crippen LogP contribution in [0.15, 0.2) is 0 Å². The first-order valence-electron chi connectivity index (χ1n) is 8.09. The molecule has 1 atom stereocenters. The first-order chi connectivity index (χ1) is 9.49. The van der Waals surface area contributed by atoms with Crippen molar-refractivity contribution in [2.75, 3.05) is 6.61 Å². The van der Waals surface area contributed by atoms with E-state index in [1.807, 2.05) is 0 Å². The average molecular weight is 330 g/mol. The van der Waals surface area contributed by atoms with Gasteiger partial charge in [0.25, 0.3) is 0 Å². The third-order valence-corrected chi connectivity index (χ3v) is 4.05. The summed E-state index contributed by atoms with van der Waals surface area (Å²) in [5.41, 5.74) is 0. The molecule has 0 aliphatic rings. The largest absolute Gasteiger partial charge is 1.00 e. The van der Waals surface area contributed by atoms with E-state index in [1.165, 1.54) is 44.9 Å². The molecule has 4 nitrogen and oxygen atoms in total. The third-order valence-electron chi connectivity index (χ3n) is 3.63. The summed E-state index contributed by atoms with van der Waals surface area (Å²) in [7, 11) is -4.54. The van der Waals surface area contributed by atoms with Gasteiger partial charge in [-0.25, -0.2) is 8.42 Å². The molecule has 0 radical (unpaired) electrons. The molecule has 0 rings (SSSR count). The van der Waals surface area contributed by atoms with Gasteiger partial charge in [0.2, 0.25) is 10.4 Å². The number of rotatable bonds is 14. The van der Waals surface area contributed by atoms with E-state index in [0.717, 1.165) is 25.7 Å². The second-order valence-electron chi connectivity index (χ2n) is 5.61. The Hall–Kier alpha value is 0.870. The molecule has 0 amide bonds. The zero-order chi connectivity index (χ0) is 15.3. The molecule has 0 bridgehead atoms. The zero-order valence-electron chi connectivity index (χ0n) is 14.1. The van der Waals surface area contributed by atoms with Gasteiger partial charge < -0.3 is 4.55 Å². The minimum absolute atomic E-state index is 0. The Kier molecular flexibility index (Phi) is 18.1. The average Bonchev–Trinajstić information content (AvgIpc) is 2.38. The van der Waals surface area contributed by atoms with Crippen LogP contribution >= 0.6 is 0 Å². The van der Waals surface area contributed by atoms with Crippen LogP contribution in [0.25, 0.3) is 0 Å². The van der Waals surface area contributed by atoms with Gasteiger partial charge in [-0.3, -0.25) is 4.18 Å². The fourth-order valence-corrected chi connectivity index (χ4v) is 2.75. The maximum atomic E-state index is 10.5. The second kappa shape index (κ2) is 15.8. The van der Waals surface area contributed by atoms with Crippen LogP contribution in [0.2, 0.25) is 0 Å². The van der Waals surface area contributed by atoms with E-state index in [2.05, 4.69) is 18.0 Å². The smallest absolute Gasteiger partial charge is 0.726 e. The van der Waals surface area contributed by atoms with Crippen LogP contribution in [-0.4, -0.2) is 19.6 Å². The van der Waals surface area contributed by atoms with Gasteiger partial charge in [0.05, 0.1) is 6.61 Å². The minimum Gasteiger partial charge on any atom is -0.726 e. The van der Waals surface area contributed by atoms with Gasteiger partial charge >= 0.3 is 29.6 Å². The molecule has 0 aromatic carbocycles. The second-order valence-corrected chi connectivity index (χ2v) is 6.66. The van der Waals surface area contributed by atoms with E-state index in [1.54, 1.807) is 0 Å². The maximum absolute atomic E-state index is 10.5. The molecule has 0 aromatic rings. The van der Waals surface area contributed by atoms with Gasteiger partial charge in [-0.2, -0.15) is 0 Å². The van der Waals surface area contributed by atoms with Crippen molar-refractivity contribution in [3.63, 3.8) is 0 Å². The van der Waals surface area contributed by atoms with E-state index >= 15 is 0 Å². The van der Waals surface area contributed by atoms with Crippen molar-refractivity contribution in [3.05, 3.63) is 0 Å². The van der Waals surface area contributed by atoms with Gasteiger partial charge in [-0.15, -0.1) is 0 Å². The van der Waals surface area contributed by atoms with E-state index in [-0.39, 0.29) is 42.1 Å². The van der Waals surface area contributed by atoms with E-state index in [0.29, 0.717) is 0 Å². The standard InChI is InChI=1S/C15H32O4S.Na/c1-3-5-7-9-11-13-15(12-10-8-6-4-2)14-19-20(16,17)18;/h15H,3-14H2,1-2H3,(H,16,17,18);/q;+1/p-1. The molecule has 0 saturated carbocycles. The third kappa shape index (κ3) is 18.8. The monoisotopic (exact) mass is 330 g/mol. The Morgan fingerprint density at radius 3 is 1.71 bits per heavy atom. The molecule has 0 spiro atoms. The van der Waals surface area contributed by atoms with Crippen molar-refractivity contribution < 1.29 is 46.7 Å². The number of hydrogen-bond donors (Lipinski definition) is 0. The number of unbranched alkanes of at least 4 members (excludes halogenated alkanes) is 7. The first-order valence-corrected chi connectivity index (χ1v) is 9.43. The first kappa shape index (κ1) is 24.1. The van der Waals surface area contributed by atoms with Crippen LogP contribution in [0.4, 0.5) is 0 Å². The van der Waals surface area contributed by atoms with Gasteiger partial charge in [-0.1, -0.05) is 71.6 Å². The Morgan fingerprint density at radius 1 is 0.857 bits per heavy atom. The van der Waals surface area contributed by atoms with Crippen LogP contribution in [0, 0.1) is 5.92 Å². The predicted molar refractivity (Wildman–Crippen MR) is 81.3 cm³/mol. The van der Waals surface area contributed by atoms with Crippen molar-refractivity contribution in [1.82, 2.24) is 0 Å². The molecule has 0 N–H and O–H groups in total. The van der Waals surface area contributed by atoms with Crippen LogP contribution in [-0.2, 0) is 14.6 Å². The fourth-order valence-electron chi connectivity index (χ4n) is 2.39. The molecule has 0 heterocycles. The van der Waals surface area contributed by atoms with Gasteiger partial charge in [0.1, 0.15) is 0 Å². The normalized spacial score (nSPS) is 12.9. The molecular weight excluding hydrogens is 299 g/mol. The summed E-state index contributed by atoms with van der Waals surface area (Å²) in [5.74, 6) is 0.206. The molecule has 6 heteroatoms. The summed E-state index contributed by atoms with van der Waals surface area (Å²) in [6.07, 6.45) is 12.6. The Morgan fingerprint density at radius 2 is 1.29 bits per heavy atom. The van der Waals surface area contributed by atoms with Crippen LogP contribution in [0.3, 0.4) is 0 Å². The molecule has 0 saturated heterocycles. The summed E-state index contributed by atoms with van der Waals surface area (Å²) in [6.45, 7) is 4.41. The molecule has 0 aromatic heterocycles. The van der Waals surface area contributed by atoms with Gasteiger partial charge in [0, 0.05) is 0 Å². The van der Waals surface area contributed by atoms with E-state index in [9.17, 15) is 13.0 Å². The topological polar surface area (TPSA) is 66.4 Å². The number of hydrogen-bond acceptors (Lipinski definition) is 4. The Labute approximate surface area is 153 Å². The van der Waals surface area contributed by atoms with Crippen LogP contribution < -0.4 is 29.6 Å². The van der Waals surface area contributed by atoms with Gasteiger partial charge in [0.15, 0.2) is 0 Å². The quantitative estimate of drug-likeness (QED) is 0.209. The van der Waals surface area contributed by atoms with Crippen molar-refractivity contribution in [2.45, 2.75) is 84.5 Å². The molecule has 1 unspecified atom stereocenters. The summed E-state index contributed by atoms with van der Waals surface area (Å²) in [4.78, 5) is 0. The molecule has 0 fully saturated rings. The van der Waals surface area contributed by atoms with Crippen LogP contribution in [0.1, 0.15) is 84.5 Å². The SMILES string of the molecule is CCCCCCCC(CCCCCC)COS(=O)(=O)[O-].[Na+]. The maximum Gasteiger partial charge on any atom is 1.00 e. The minimum atomic E-state index is -4.54. The van der Waals surface area contributed by atoms with Crippen LogP contribution in [0.5, 0.6) is 0 Å². The molecular formula is C15H31NaO4S. The van der Waals surface area contributed by atoms with Crippen molar-refractivity contribution in [1.29, 1.82) is 0 Å². The summed E-state index contributed by atoms with van der Waals surface area (Å²) >= 11 is 0. The van der Waals surface area contributed by atoms with Crippen molar-refractivity contribution in [3.8, 4) is 0 Å². The molecule has 21 heavy (non-hydrogen) atoms. The summed E-state index contributed by atoms with van der Waals surface area (Å²) in [6, 6.07) is 0. The molecule has 0 aliphatic heterocycles. The van der Waals surface area contributed by atoms with Gasteiger partial charge in [-0.05, 0) is 18.8 Å². The predicted octanol–water partition coefficient (Wildman–Crippen LogP) is 1.41. The summed E-state index contributed by atoms with van der Waals surface area (Å²) in [5, 5.41) is 0. The van der Waals surface area contributed by atoms with Crippen molar-refractivity contribution >= 4 is 10.4 Å². The fraction of sp³-hybridized carbons (Fsp3) is 1.00. The Balaban J connectivity index is 0. The Bertz CT molecular complexity index is 307. The van der Waals surface area contributed by atoms with E-state index in [4.69, 9.17) is 0 Å². The molecule has 0 aliphatic carbocycles.